The first-order valence-electron chi connectivity index (χ1n) is 7.27. The van der Waals surface area contributed by atoms with Gasteiger partial charge in [-0.3, -0.25) is 4.55 Å². The van der Waals surface area contributed by atoms with Crippen LogP contribution >= 0.6 is 0 Å². The molecule has 0 fully saturated rings. The molecule has 0 saturated carbocycles. The van der Waals surface area contributed by atoms with E-state index in [4.69, 9.17) is 14.0 Å². The SMILES string of the molecule is CCC[N+](C)(CCCS(=O)(=O)O)CCOCCOCC. The molecule has 0 aromatic heterocycles. The number of quaternary nitrogens is 1. The first-order chi connectivity index (χ1) is 9.33. The summed E-state index contributed by atoms with van der Waals surface area (Å²) in [5.41, 5.74) is 0. The molecule has 0 bridgehead atoms. The fourth-order valence-corrected chi connectivity index (χ4v) is 2.65. The molecule has 0 rings (SSSR count). The zero-order chi connectivity index (χ0) is 15.5. The fraction of sp³-hybridized carbons (Fsp3) is 1.00. The van der Waals surface area contributed by atoms with Crippen molar-refractivity contribution in [2.45, 2.75) is 26.7 Å². The van der Waals surface area contributed by atoms with Crippen molar-refractivity contribution in [3.05, 3.63) is 0 Å². The second-order valence-electron chi connectivity index (χ2n) is 5.24. The molecule has 1 unspecified atom stereocenters. The molecule has 0 amide bonds. The standard InChI is InChI=1S/C13H29NO5S/c1-4-7-14(3,8-6-13-20(15,16)17)9-10-19-12-11-18-5-2/h4-13H2,1-3H3/p+1. The van der Waals surface area contributed by atoms with E-state index in [0.29, 0.717) is 32.8 Å². The van der Waals surface area contributed by atoms with Crippen LogP contribution in [0.25, 0.3) is 0 Å². The Balaban J connectivity index is 3.98. The molecular formula is C13H30NO5S+. The third kappa shape index (κ3) is 11.6. The highest BCUT2D eigenvalue weighted by Crippen LogP contribution is 2.07. The van der Waals surface area contributed by atoms with Crippen molar-refractivity contribution in [1.82, 2.24) is 0 Å². The van der Waals surface area contributed by atoms with Crippen molar-refractivity contribution in [1.29, 1.82) is 0 Å². The molecule has 7 heteroatoms. The van der Waals surface area contributed by atoms with E-state index in [2.05, 4.69) is 14.0 Å². The monoisotopic (exact) mass is 312 g/mol. The molecule has 20 heavy (non-hydrogen) atoms. The second-order valence-corrected chi connectivity index (χ2v) is 6.81. The van der Waals surface area contributed by atoms with Gasteiger partial charge in [0.1, 0.15) is 6.54 Å². The molecule has 0 radical (unpaired) electrons. The van der Waals surface area contributed by atoms with E-state index in [1.807, 2.05) is 6.92 Å². The molecule has 1 atom stereocenters. The summed E-state index contributed by atoms with van der Waals surface area (Å²) in [6.45, 7) is 9.12. The Bertz CT molecular complexity index is 334. The maximum absolute atomic E-state index is 10.7. The lowest BCUT2D eigenvalue weighted by Gasteiger charge is -2.34. The van der Waals surface area contributed by atoms with Crippen LogP contribution in [0.1, 0.15) is 26.7 Å². The van der Waals surface area contributed by atoms with Gasteiger partial charge in [0.2, 0.25) is 0 Å². The molecule has 0 saturated heterocycles. The Morgan fingerprint density at radius 1 is 1.00 bits per heavy atom. The maximum atomic E-state index is 10.7. The summed E-state index contributed by atoms with van der Waals surface area (Å²) in [6.07, 6.45) is 1.50. The van der Waals surface area contributed by atoms with E-state index >= 15 is 0 Å². The zero-order valence-corrected chi connectivity index (χ0v) is 13.8. The summed E-state index contributed by atoms with van der Waals surface area (Å²) in [6, 6.07) is 0. The first kappa shape index (κ1) is 19.8. The Kier molecular flexibility index (Phi) is 10.4. The minimum absolute atomic E-state index is 0.171. The van der Waals surface area contributed by atoms with Crippen LogP contribution in [0.5, 0.6) is 0 Å². The van der Waals surface area contributed by atoms with Crippen LogP contribution in [-0.2, 0) is 19.6 Å². The lowest BCUT2D eigenvalue weighted by atomic mass is 10.3. The molecule has 0 aliphatic carbocycles. The van der Waals surface area contributed by atoms with Gasteiger partial charge in [-0.25, -0.2) is 0 Å². The van der Waals surface area contributed by atoms with E-state index in [1.165, 1.54) is 0 Å². The van der Waals surface area contributed by atoms with Gasteiger partial charge < -0.3 is 14.0 Å². The second kappa shape index (κ2) is 10.5. The first-order valence-corrected chi connectivity index (χ1v) is 8.88. The molecule has 0 spiro atoms. The van der Waals surface area contributed by atoms with Gasteiger partial charge >= 0.3 is 0 Å². The predicted molar refractivity (Wildman–Crippen MR) is 79.4 cm³/mol. The van der Waals surface area contributed by atoms with Gasteiger partial charge in [-0.05, 0) is 13.3 Å². The summed E-state index contributed by atoms with van der Waals surface area (Å²) < 4.78 is 41.7. The van der Waals surface area contributed by atoms with Crippen LogP contribution in [0, 0.1) is 0 Å². The van der Waals surface area contributed by atoms with E-state index in [0.717, 1.165) is 30.5 Å². The predicted octanol–water partition coefficient (Wildman–Crippen LogP) is 1.17. The maximum Gasteiger partial charge on any atom is 0.265 e. The Morgan fingerprint density at radius 3 is 2.20 bits per heavy atom. The van der Waals surface area contributed by atoms with Crippen molar-refractivity contribution in [2.24, 2.45) is 0 Å². The number of nitrogens with zero attached hydrogens (tertiary/aromatic N) is 1. The van der Waals surface area contributed by atoms with Crippen LogP contribution in [-0.4, -0.2) is 76.3 Å². The number of hydrogen-bond acceptors (Lipinski definition) is 4. The van der Waals surface area contributed by atoms with Crippen LogP contribution < -0.4 is 0 Å². The molecule has 6 nitrogen and oxygen atoms in total. The van der Waals surface area contributed by atoms with E-state index in [-0.39, 0.29) is 5.75 Å². The highest BCUT2D eigenvalue weighted by atomic mass is 32.2. The number of ether oxygens (including phenoxy) is 2. The number of likely N-dealkylation sites (N-methyl/N-ethyl adjacent to an activating group) is 1. The summed E-state index contributed by atoms with van der Waals surface area (Å²) in [5, 5.41) is 0. The lowest BCUT2D eigenvalue weighted by Crippen LogP contribution is -2.48. The highest BCUT2D eigenvalue weighted by molar-refractivity contribution is 7.85. The molecule has 0 aromatic rings. The third-order valence-corrected chi connectivity index (χ3v) is 4.02. The Hall–Kier alpha value is -0.210. The molecule has 0 heterocycles. The van der Waals surface area contributed by atoms with Gasteiger partial charge in [-0.1, -0.05) is 6.92 Å². The Labute approximate surface area is 123 Å². The van der Waals surface area contributed by atoms with Gasteiger partial charge in [0.15, 0.2) is 0 Å². The molecule has 1 N–H and O–H groups in total. The van der Waals surface area contributed by atoms with Crippen LogP contribution in [0.15, 0.2) is 0 Å². The van der Waals surface area contributed by atoms with Gasteiger partial charge in [0.05, 0.1) is 45.7 Å². The number of rotatable bonds is 13. The molecular weight excluding hydrogens is 282 g/mol. The summed E-state index contributed by atoms with van der Waals surface area (Å²) in [4.78, 5) is 0. The lowest BCUT2D eigenvalue weighted by molar-refractivity contribution is -0.910. The number of hydrogen-bond donors (Lipinski definition) is 1. The van der Waals surface area contributed by atoms with Crippen LogP contribution in [0.2, 0.25) is 0 Å². The summed E-state index contributed by atoms with van der Waals surface area (Å²) in [5.74, 6) is -0.171. The van der Waals surface area contributed by atoms with Crippen molar-refractivity contribution in [3.8, 4) is 0 Å². The largest absolute Gasteiger partial charge is 0.379 e. The quantitative estimate of drug-likeness (QED) is 0.314. The molecule has 0 aliphatic rings. The van der Waals surface area contributed by atoms with Crippen molar-refractivity contribution in [2.75, 3.05) is 58.9 Å². The van der Waals surface area contributed by atoms with Crippen molar-refractivity contribution in [3.63, 3.8) is 0 Å². The highest BCUT2D eigenvalue weighted by Gasteiger charge is 2.21. The van der Waals surface area contributed by atoms with Crippen LogP contribution in [0.4, 0.5) is 0 Å². The fourth-order valence-electron chi connectivity index (χ4n) is 2.15. The van der Waals surface area contributed by atoms with Crippen molar-refractivity contribution < 1.29 is 26.9 Å². The van der Waals surface area contributed by atoms with Crippen molar-refractivity contribution >= 4 is 10.1 Å². The smallest absolute Gasteiger partial charge is 0.265 e. The molecule has 122 valence electrons. The summed E-state index contributed by atoms with van der Waals surface area (Å²) in [7, 11) is -1.76. The summed E-state index contributed by atoms with van der Waals surface area (Å²) >= 11 is 0. The van der Waals surface area contributed by atoms with E-state index < -0.39 is 10.1 Å². The van der Waals surface area contributed by atoms with Crippen LogP contribution in [0.3, 0.4) is 0 Å². The average Bonchev–Trinajstić information content (AvgIpc) is 2.32. The van der Waals surface area contributed by atoms with E-state index in [1.54, 1.807) is 0 Å². The van der Waals surface area contributed by atoms with E-state index in [9.17, 15) is 8.42 Å². The van der Waals surface area contributed by atoms with Gasteiger partial charge in [0, 0.05) is 13.0 Å². The van der Waals surface area contributed by atoms with Gasteiger partial charge in [-0.15, -0.1) is 0 Å². The molecule has 0 aromatic carbocycles. The van der Waals surface area contributed by atoms with Gasteiger partial charge in [-0.2, -0.15) is 8.42 Å². The third-order valence-electron chi connectivity index (χ3n) is 3.22. The molecule has 0 aliphatic heterocycles. The zero-order valence-electron chi connectivity index (χ0n) is 13.0. The minimum Gasteiger partial charge on any atom is -0.379 e. The minimum atomic E-state index is -3.85. The van der Waals surface area contributed by atoms with Gasteiger partial charge in [0.25, 0.3) is 10.1 Å². The average molecular weight is 312 g/mol. The Morgan fingerprint density at radius 2 is 1.65 bits per heavy atom. The normalized spacial score (nSPS) is 15.2. The topological polar surface area (TPSA) is 72.8 Å².